The Morgan fingerprint density at radius 1 is 0.844 bits per heavy atom. The number of nitrogens with one attached hydrogen (secondary N) is 1. The standard InChI is InChI=1S/C35H35ClFN3O4S/c36-28-13-9-12-27(22-28)24-39(33(23-26-10-3-1-4-11-26)35(42)38-30-14-7-8-15-30)34(41)25-40(31-20-18-29(37)19-21-31)45(43,44)32-16-5-2-6-17-32/h1-6,9-13,16-22,30,33H,7-8,14-15,23-25H2,(H,38,42)/t33-/m0/s1. The highest BCUT2D eigenvalue weighted by atomic mass is 35.5. The molecule has 0 heterocycles. The van der Waals surface area contributed by atoms with Crippen LogP contribution in [-0.2, 0) is 32.6 Å². The molecule has 1 saturated carbocycles. The number of nitrogens with zero attached hydrogens (tertiary/aromatic N) is 2. The number of carbonyl (C=O) groups excluding carboxylic acids is 2. The van der Waals surface area contributed by atoms with E-state index in [-0.39, 0.29) is 35.5 Å². The second-order valence-electron chi connectivity index (χ2n) is 11.1. The van der Waals surface area contributed by atoms with Gasteiger partial charge in [0.25, 0.3) is 10.0 Å². The van der Waals surface area contributed by atoms with Gasteiger partial charge in [0, 0.05) is 24.0 Å². The van der Waals surface area contributed by atoms with Gasteiger partial charge in [-0.3, -0.25) is 13.9 Å². The van der Waals surface area contributed by atoms with E-state index in [4.69, 9.17) is 11.6 Å². The molecule has 4 aromatic carbocycles. The van der Waals surface area contributed by atoms with Gasteiger partial charge in [0.05, 0.1) is 10.6 Å². The molecule has 2 amide bonds. The van der Waals surface area contributed by atoms with E-state index < -0.39 is 34.3 Å². The van der Waals surface area contributed by atoms with E-state index in [1.54, 1.807) is 42.5 Å². The van der Waals surface area contributed by atoms with Crippen molar-refractivity contribution in [3.63, 3.8) is 0 Å². The van der Waals surface area contributed by atoms with E-state index in [9.17, 15) is 22.4 Å². The summed E-state index contributed by atoms with van der Waals surface area (Å²) in [5.41, 5.74) is 1.65. The third-order valence-electron chi connectivity index (χ3n) is 7.94. The van der Waals surface area contributed by atoms with Crippen molar-refractivity contribution in [1.29, 1.82) is 0 Å². The van der Waals surface area contributed by atoms with Crippen molar-refractivity contribution in [1.82, 2.24) is 10.2 Å². The topological polar surface area (TPSA) is 86.8 Å². The Hall–Kier alpha value is -4.21. The number of rotatable bonds is 12. The average Bonchev–Trinajstić information content (AvgIpc) is 3.56. The Kier molecular flexibility index (Phi) is 10.5. The quantitative estimate of drug-likeness (QED) is 0.194. The molecule has 1 fully saturated rings. The second-order valence-corrected chi connectivity index (χ2v) is 13.4. The van der Waals surface area contributed by atoms with Crippen molar-refractivity contribution in [3.8, 4) is 0 Å². The lowest BCUT2D eigenvalue weighted by Crippen LogP contribution is -2.54. The van der Waals surface area contributed by atoms with Gasteiger partial charge in [-0.2, -0.15) is 0 Å². The van der Waals surface area contributed by atoms with Crippen LogP contribution < -0.4 is 9.62 Å². The second kappa shape index (κ2) is 14.7. The molecular formula is C35H35ClFN3O4S. The zero-order chi connectivity index (χ0) is 31.8. The summed E-state index contributed by atoms with van der Waals surface area (Å²) in [6.45, 7) is -0.608. The zero-order valence-corrected chi connectivity index (χ0v) is 26.3. The van der Waals surface area contributed by atoms with Crippen molar-refractivity contribution in [2.75, 3.05) is 10.8 Å². The Labute approximate surface area is 268 Å². The summed E-state index contributed by atoms with van der Waals surface area (Å²) >= 11 is 6.30. The van der Waals surface area contributed by atoms with Crippen LogP contribution in [0.3, 0.4) is 0 Å². The SMILES string of the molecule is O=C(NC1CCCC1)[C@H](Cc1ccccc1)N(Cc1cccc(Cl)c1)C(=O)CN(c1ccc(F)cc1)S(=O)(=O)c1ccccc1. The molecule has 0 aromatic heterocycles. The van der Waals surface area contributed by atoms with E-state index in [0.29, 0.717) is 10.6 Å². The fourth-order valence-corrected chi connectivity index (χ4v) is 7.26. The molecule has 1 aliphatic carbocycles. The minimum Gasteiger partial charge on any atom is -0.352 e. The molecule has 0 bridgehead atoms. The number of benzene rings is 4. The first kappa shape index (κ1) is 32.2. The highest BCUT2D eigenvalue weighted by molar-refractivity contribution is 7.92. The van der Waals surface area contributed by atoms with Crippen molar-refractivity contribution in [3.05, 3.63) is 131 Å². The number of amides is 2. The van der Waals surface area contributed by atoms with Crippen LogP contribution in [0, 0.1) is 5.82 Å². The van der Waals surface area contributed by atoms with Gasteiger partial charge >= 0.3 is 0 Å². The first-order chi connectivity index (χ1) is 21.7. The Balaban J connectivity index is 1.56. The summed E-state index contributed by atoms with van der Waals surface area (Å²) in [5.74, 6) is -1.45. The lowest BCUT2D eigenvalue weighted by molar-refractivity contribution is -0.140. The van der Waals surface area contributed by atoms with Gasteiger partial charge in [0.15, 0.2) is 0 Å². The summed E-state index contributed by atoms with van der Waals surface area (Å²) < 4.78 is 42.8. The molecule has 1 atom stereocenters. The smallest absolute Gasteiger partial charge is 0.264 e. The van der Waals surface area contributed by atoms with Crippen LogP contribution in [0.4, 0.5) is 10.1 Å². The van der Waals surface area contributed by atoms with E-state index in [1.165, 1.54) is 29.2 Å². The van der Waals surface area contributed by atoms with Gasteiger partial charge in [-0.25, -0.2) is 12.8 Å². The number of carbonyl (C=O) groups is 2. The maximum Gasteiger partial charge on any atom is 0.264 e. The molecule has 0 unspecified atom stereocenters. The molecule has 1 N–H and O–H groups in total. The van der Waals surface area contributed by atoms with Gasteiger partial charge in [0.2, 0.25) is 11.8 Å². The molecule has 4 aromatic rings. The van der Waals surface area contributed by atoms with E-state index in [2.05, 4.69) is 5.32 Å². The predicted molar refractivity (Wildman–Crippen MR) is 174 cm³/mol. The van der Waals surface area contributed by atoms with Gasteiger partial charge in [0.1, 0.15) is 18.4 Å². The Morgan fingerprint density at radius 3 is 2.11 bits per heavy atom. The van der Waals surface area contributed by atoms with E-state index in [1.807, 2.05) is 30.3 Å². The third kappa shape index (κ3) is 8.29. The lowest BCUT2D eigenvalue weighted by atomic mass is 10.0. The molecule has 234 valence electrons. The Bertz CT molecular complexity index is 1700. The average molecular weight is 648 g/mol. The summed E-state index contributed by atoms with van der Waals surface area (Å²) in [6.07, 6.45) is 3.97. The molecule has 7 nitrogen and oxygen atoms in total. The molecule has 0 saturated heterocycles. The van der Waals surface area contributed by atoms with Crippen LogP contribution in [0.15, 0.2) is 114 Å². The van der Waals surface area contributed by atoms with Crippen LogP contribution in [0.2, 0.25) is 5.02 Å². The number of halogens is 2. The van der Waals surface area contributed by atoms with Crippen molar-refractivity contribution >= 4 is 39.1 Å². The fourth-order valence-electron chi connectivity index (χ4n) is 5.61. The summed E-state index contributed by atoms with van der Waals surface area (Å²) in [5, 5.41) is 3.61. The normalized spacial score (nSPS) is 14.1. The molecule has 0 aliphatic heterocycles. The third-order valence-corrected chi connectivity index (χ3v) is 9.96. The number of hydrogen-bond acceptors (Lipinski definition) is 4. The van der Waals surface area contributed by atoms with Crippen LogP contribution in [0.5, 0.6) is 0 Å². The fraction of sp³-hybridized carbons (Fsp3) is 0.257. The zero-order valence-electron chi connectivity index (χ0n) is 24.7. The predicted octanol–water partition coefficient (Wildman–Crippen LogP) is 6.37. The minimum absolute atomic E-state index is 0.00747. The molecule has 10 heteroatoms. The van der Waals surface area contributed by atoms with Crippen LogP contribution >= 0.6 is 11.6 Å². The van der Waals surface area contributed by atoms with Gasteiger partial charge in [-0.15, -0.1) is 0 Å². The van der Waals surface area contributed by atoms with E-state index >= 15 is 0 Å². The molecule has 0 spiro atoms. The first-order valence-electron chi connectivity index (χ1n) is 14.9. The van der Waals surface area contributed by atoms with Gasteiger partial charge in [-0.1, -0.05) is 85.1 Å². The van der Waals surface area contributed by atoms with Crippen molar-refractivity contribution in [2.24, 2.45) is 0 Å². The van der Waals surface area contributed by atoms with Crippen LogP contribution in [-0.4, -0.2) is 43.8 Å². The van der Waals surface area contributed by atoms with Gasteiger partial charge in [-0.05, 0) is 72.5 Å². The summed E-state index contributed by atoms with van der Waals surface area (Å²) in [7, 11) is -4.26. The van der Waals surface area contributed by atoms with Crippen molar-refractivity contribution in [2.45, 2.75) is 55.6 Å². The molecule has 1 aliphatic rings. The highest BCUT2D eigenvalue weighted by Gasteiger charge is 2.35. The molecule has 5 rings (SSSR count). The number of anilines is 1. The van der Waals surface area contributed by atoms with Crippen molar-refractivity contribution < 1.29 is 22.4 Å². The maximum absolute atomic E-state index is 14.5. The van der Waals surface area contributed by atoms with Crippen LogP contribution in [0.25, 0.3) is 0 Å². The van der Waals surface area contributed by atoms with Gasteiger partial charge < -0.3 is 10.2 Å². The Morgan fingerprint density at radius 2 is 1.47 bits per heavy atom. The minimum atomic E-state index is -4.26. The number of hydrogen-bond donors (Lipinski definition) is 1. The molecule has 45 heavy (non-hydrogen) atoms. The van der Waals surface area contributed by atoms with E-state index in [0.717, 1.165) is 47.7 Å². The monoisotopic (exact) mass is 647 g/mol. The molecular weight excluding hydrogens is 613 g/mol. The largest absolute Gasteiger partial charge is 0.352 e. The van der Waals surface area contributed by atoms with Crippen LogP contribution in [0.1, 0.15) is 36.8 Å². The lowest BCUT2D eigenvalue weighted by Gasteiger charge is -2.34. The summed E-state index contributed by atoms with van der Waals surface area (Å²) in [4.78, 5) is 29.9. The summed E-state index contributed by atoms with van der Waals surface area (Å²) in [6, 6.07) is 28.1. The first-order valence-corrected chi connectivity index (χ1v) is 16.7. The highest BCUT2D eigenvalue weighted by Crippen LogP contribution is 2.26. The number of sulfonamides is 1. The molecule has 0 radical (unpaired) electrons. The maximum atomic E-state index is 14.5.